The van der Waals surface area contributed by atoms with Gasteiger partial charge in [0.15, 0.2) is 0 Å². The van der Waals surface area contributed by atoms with Crippen molar-refractivity contribution < 1.29 is 12.8 Å². The number of hydrogen-bond acceptors (Lipinski definition) is 5. The molecule has 1 aromatic rings. The molecule has 1 fully saturated rings. The normalized spacial score (nSPS) is 19.3. The Morgan fingerprint density at radius 1 is 1.48 bits per heavy atom. The summed E-state index contributed by atoms with van der Waals surface area (Å²) in [5.74, 6) is -0.672. The molecule has 0 amide bonds. The van der Waals surface area contributed by atoms with Crippen LogP contribution in [0.2, 0.25) is 0 Å². The third-order valence-electron chi connectivity index (χ3n) is 3.69. The zero-order valence-electron chi connectivity index (χ0n) is 11.5. The van der Waals surface area contributed by atoms with E-state index in [0.29, 0.717) is 30.9 Å². The average Bonchev–Trinajstić information content (AvgIpc) is 2.47. The zero-order chi connectivity index (χ0) is 15.7. The SMILES string of the molecule is CSC1(C(N)=S)CCN(S(=O)(=O)c2cncc(F)c2)CC1. The molecule has 1 saturated heterocycles. The van der Waals surface area contributed by atoms with E-state index in [4.69, 9.17) is 18.0 Å². The molecule has 1 aliphatic heterocycles. The van der Waals surface area contributed by atoms with Crippen LogP contribution < -0.4 is 5.73 Å². The number of nitrogens with two attached hydrogens (primary N) is 1. The van der Waals surface area contributed by atoms with Crippen LogP contribution in [0.3, 0.4) is 0 Å². The van der Waals surface area contributed by atoms with Crippen molar-refractivity contribution in [3.63, 3.8) is 0 Å². The molecule has 21 heavy (non-hydrogen) atoms. The van der Waals surface area contributed by atoms with Crippen molar-refractivity contribution >= 4 is 39.0 Å². The van der Waals surface area contributed by atoms with Crippen molar-refractivity contribution in [2.75, 3.05) is 19.3 Å². The van der Waals surface area contributed by atoms with Crippen molar-refractivity contribution in [1.29, 1.82) is 0 Å². The number of pyridine rings is 1. The van der Waals surface area contributed by atoms with E-state index in [1.54, 1.807) is 11.8 Å². The fourth-order valence-electron chi connectivity index (χ4n) is 2.32. The van der Waals surface area contributed by atoms with E-state index in [0.717, 1.165) is 18.5 Å². The summed E-state index contributed by atoms with van der Waals surface area (Å²) < 4.78 is 39.0. The van der Waals surface area contributed by atoms with Gasteiger partial charge >= 0.3 is 0 Å². The van der Waals surface area contributed by atoms with Crippen LogP contribution in [0.1, 0.15) is 12.8 Å². The van der Waals surface area contributed by atoms with Crippen LogP contribution in [0.25, 0.3) is 0 Å². The second-order valence-electron chi connectivity index (χ2n) is 4.81. The monoisotopic (exact) mass is 349 g/mol. The fraction of sp³-hybridized carbons (Fsp3) is 0.500. The zero-order valence-corrected chi connectivity index (χ0v) is 13.9. The Morgan fingerprint density at radius 3 is 2.57 bits per heavy atom. The highest BCUT2D eigenvalue weighted by atomic mass is 32.2. The highest BCUT2D eigenvalue weighted by molar-refractivity contribution is 8.02. The molecule has 116 valence electrons. The predicted octanol–water partition coefficient (Wildman–Crippen LogP) is 1.39. The van der Waals surface area contributed by atoms with Gasteiger partial charge in [0.2, 0.25) is 10.0 Å². The second kappa shape index (κ2) is 6.15. The van der Waals surface area contributed by atoms with Crippen LogP contribution in [0.5, 0.6) is 0 Å². The van der Waals surface area contributed by atoms with Gasteiger partial charge in [-0.3, -0.25) is 4.98 Å². The quantitative estimate of drug-likeness (QED) is 0.828. The largest absolute Gasteiger partial charge is 0.392 e. The smallest absolute Gasteiger partial charge is 0.244 e. The molecule has 0 atom stereocenters. The molecule has 0 radical (unpaired) electrons. The third-order valence-corrected chi connectivity index (χ3v) is 7.48. The van der Waals surface area contributed by atoms with Gasteiger partial charge in [-0.05, 0) is 25.2 Å². The number of halogens is 1. The van der Waals surface area contributed by atoms with Gasteiger partial charge in [-0.15, -0.1) is 0 Å². The first-order chi connectivity index (χ1) is 9.82. The topological polar surface area (TPSA) is 76.3 Å². The maximum absolute atomic E-state index is 13.2. The molecule has 0 bridgehead atoms. The van der Waals surface area contributed by atoms with E-state index < -0.39 is 15.8 Å². The molecule has 0 aromatic carbocycles. The standard InChI is InChI=1S/C12H16FN3O2S3/c1-20-12(11(14)19)2-4-16(5-3-12)21(17,18)10-6-9(13)7-15-8-10/h6-8H,2-5H2,1H3,(H2,14,19). The molecule has 0 unspecified atom stereocenters. The van der Waals surface area contributed by atoms with Crippen LogP contribution >= 0.6 is 24.0 Å². The number of thiocarbonyl (C=S) groups is 1. The van der Waals surface area contributed by atoms with E-state index in [-0.39, 0.29) is 9.64 Å². The number of piperidine rings is 1. The molecule has 0 aliphatic carbocycles. The fourth-order valence-corrected chi connectivity index (χ4v) is 4.98. The van der Waals surface area contributed by atoms with E-state index >= 15 is 0 Å². The molecular weight excluding hydrogens is 333 g/mol. The molecule has 2 rings (SSSR count). The Hall–Kier alpha value is -0.770. The van der Waals surface area contributed by atoms with Crippen LogP contribution in [-0.4, -0.2) is 46.8 Å². The molecule has 9 heteroatoms. The van der Waals surface area contributed by atoms with Crippen LogP contribution in [0, 0.1) is 5.82 Å². The number of nitrogens with zero attached hydrogens (tertiary/aromatic N) is 2. The first-order valence-electron chi connectivity index (χ1n) is 6.27. The van der Waals surface area contributed by atoms with Crippen molar-refractivity contribution in [3.8, 4) is 0 Å². The molecule has 1 aliphatic rings. The van der Waals surface area contributed by atoms with Gasteiger partial charge < -0.3 is 5.73 Å². The van der Waals surface area contributed by atoms with E-state index in [2.05, 4.69) is 4.98 Å². The van der Waals surface area contributed by atoms with Gasteiger partial charge in [-0.1, -0.05) is 12.2 Å². The number of rotatable bonds is 4. The van der Waals surface area contributed by atoms with Crippen molar-refractivity contribution in [3.05, 3.63) is 24.3 Å². The molecule has 2 heterocycles. The minimum atomic E-state index is -3.73. The molecule has 2 N–H and O–H groups in total. The lowest BCUT2D eigenvalue weighted by Crippen LogP contribution is -2.50. The van der Waals surface area contributed by atoms with Crippen LogP contribution in [-0.2, 0) is 10.0 Å². The van der Waals surface area contributed by atoms with Gasteiger partial charge in [-0.2, -0.15) is 16.1 Å². The number of aromatic nitrogens is 1. The lowest BCUT2D eigenvalue weighted by atomic mass is 9.97. The maximum atomic E-state index is 13.2. The molecule has 0 spiro atoms. The Kier molecular flexibility index (Phi) is 4.86. The Morgan fingerprint density at radius 2 is 2.10 bits per heavy atom. The van der Waals surface area contributed by atoms with Crippen LogP contribution in [0.4, 0.5) is 4.39 Å². The first kappa shape index (κ1) is 16.6. The van der Waals surface area contributed by atoms with Crippen molar-refractivity contribution in [1.82, 2.24) is 9.29 Å². The minimum absolute atomic E-state index is 0.130. The van der Waals surface area contributed by atoms with Crippen molar-refractivity contribution in [2.45, 2.75) is 22.5 Å². The lowest BCUT2D eigenvalue weighted by Gasteiger charge is -2.39. The highest BCUT2D eigenvalue weighted by Crippen LogP contribution is 2.36. The summed E-state index contributed by atoms with van der Waals surface area (Å²) in [7, 11) is -3.73. The van der Waals surface area contributed by atoms with Gasteiger partial charge in [-0.25, -0.2) is 12.8 Å². The van der Waals surface area contributed by atoms with Gasteiger partial charge in [0.25, 0.3) is 0 Å². The maximum Gasteiger partial charge on any atom is 0.244 e. The Labute approximate surface area is 133 Å². The third kappa shape index (κ3) is 3.20. The molecule has 5 nitrogen and oxygen atoms in total. The summed E-state index contributed by atoms with van der Waals surface area (Å²) in [5, 5.41) is 0. The summed E-state index contributed by atoms with van der Waals surface area (Å²) in [6.45, 7) is 0.605. The van der Waals surface area contributed by atoms with Crippen LogP contribution in [0.15, 0.2) is 23.4 Å². The van der Waals surface area contributed by atoms with E-state index in [1.807, 2.05) is 6.26 Å². The summed E-state index contributed by atoms with van der Waals surface area (Å²) in [6.07, 6.45) is 5.14. The number of sulfonamides is 1. The minimum Gasteiger partial charge on any atom is -0.392 e. The Balaban J connectivity index is 2.20. The van der Waals surface area contributed by atoms with E-state index in [9.17, 15) is 12.8 Å². The summed E-state index contributed by atoms with van der Waals surface area (Å²) in [6, 6.07) is 0.978. The molecule has 0 saturated carbocycles. The van der Waals surface area contributed by atoms with Gasteiger partial charge in [0.1, 0.15) is 10.7 Å². The highest BCUT2D eigenvalue weighted by Gasteiger charge is 2.40. The van der Waals surface area contributed by atoms with Gasteiger partial charge in [0, 0.05) is 19.3 Å². The first-order valence-corrected chi connectivity index (χ1v) is 9.35. The summed E-state index contributed by atoms with van der Waals surface area (Å²) >= 11 is 6.65. The van der Waals surface area contributed by atoms with Gasteiger partial charge in [0.05, 0.1) is 15.9 Å². The molecule has 1 aromatic heterocycles. The summed E-state index contributed by atoms with van der Waals surface area (Å²) in [4.78, 5) is 3.86. The predicted molar refractivity (Wildman–Crippen MR) is 85.2 cm³/mol. The number of hydrogen-bond donors (Lipinski definition) is 1. The summed E-state index contributed by atoms with van der Waals surface area (Å²) in [5.41, 5.74) is 5.78. The number of thioether (sulfide) groups is 1. The van der Waals surface area contributed by atoms with Crippen molar-refractivity contribution in [2.24, 2.45) is 5.73 Å². The second-order valence-corrected chi connectivity index (χ2v) is 8.37. The molecular formula is C12H16FN3O2S3. The average molecular weight is 349 g/mol. The lowest BCUT2D eigenvalue weighted by molar-refractivity contribution is 0.332. The van der Waals surface area contributed by atoms with E-state index in [1.165, 1.54) is 4.31 Å². The Bertz CT molecular complexity index is 643.